The van der Waals surface area contributed by atoms with E-state index in [2.05, 4.69) is 57.5 Å². The molecule has 1 aromatic heterocycles. The predicted molar refractivity (Wildman–Crippen MR) is 93.1 cm³/mol. The van der Waals surface area contributed by atoms with Gasteiger partial charge in [-0.1, -0.05) is 35.9 Å². The zero-order valence-corrected chi connectivity index (χ0v) is 14.0. The van der Waals surface area contributed by atoms with Gasteiger partial charge in [0.2, 0.25) is 0 Å². The number of aromatic nitrogens is 3. The summed E-state index contributed by atoms with van der Waals surface area (Å²) in [6, 6.07) is 8.35. The summed E-state index contributed by atoms with van der Waals surface area (Å²) < 4.78 is 1.96. The van der Waals surface area contributed by atoms with E-state index in [-0.39, 0.29) is 0 Å². The van der Waals surface area contributed by atoms with E-state index in [1.807, 2.05) is 24.6 Å². The molecule has 2 aromatic rings. The van der Waals surface area contributed by atoms with Gasteiger partial charge in [-0.25, -0.2) is 4.99 Å². The Morgan fingerprint density at radius 1 is 1.30 bits per heavy atom. The molecule has 0 aliphatic rings. The molecule has 0 atom stereocenters. The highest BCUT2D eigenvalue weighted by molar-refractivity contribution is 5.79. The summed E-state index contributed by atoms with van der Waals surface area (Å²) in [5, 5.41) is 14.7. The third-order valence-electron chi connectivity index (χ3n) is 3.51. The standard InChI is InChI=1S/C17H24N6/c1-5-9-18-17(19-11-15-8-6-7-13(2)10-15)20-12-16-22-21-14(3)23(16)4/h5-8,10H,1,9,11-12H2,2-4H3,(H2,18,19,20). The zero-order valence-electron chi connectivity index (χ0n) is 14.0. The number of guanidine groups is 1. The number of aliphatic imine (C=N–C) groups is 1. The molecule has 0 saturated heterocycles. The van der Waals surface area contributed by atoms with E-state index in [1.54, 1.807) is 6.08 Å². The molecular weight excluding hydrogens is 288 g/mol. The number of hydrogen-bond donors (Lipinski definition) is 2. The Morgan fingerprint density at radius 3 is 2.78 bits per heavy atom. The van der Waals surface area contributed by atoms with Gasteiger partial charge >= 0.3 is 0 Å². The van der Waals surface area contributed by atoms with Crippen LogP contribution in [0.3, 0.4) is 0 Å². The second-order valence-corrected chi connectivity index (χ2v) is 5.40. The van der Waals surface area contributed by atoms with Crippen LogP contribution < -0.4 is 10.6 Å². The summed E-state index contributed by atoms with van der Waals surface area (Å²) in [6.07, 6.45) is 1.80. The van der Waals surface area contributed by atoms with Crippen LogP contribution in [0.1, 0.15) is 22.8 Å². The topological polar surface area (TPSA) is 67.1 Å². The summed E-state index contributed by atoms with van der Waals surface area (Å²) in [6.45, 7) is 9.57. The molecule has 0 saturated carbocycles. The first-order valence-corrected chi connectivity index (χ1v) is 7.63. The van der Waals surface area contributed by atoms with Crippen molar-refractivity contribution in [2.45, 2.75) is 26.9 Å². The van der Waals surface area contributed by atoms with Gasteiger partial charge in [0.15, 0.2) is 11.8 Å². The van der Waals surface area contributed by atoms with Crippen molar-refractivity contribution < 1.29 is 0 Å². The van der Waals surface area contributed by atoms with Gasteiger partial charge in [-0.3, -0.25) is 0 Å². The number of aryl methyl sites for hydroxylation is 2. The molecule has 0 bridgehead atoms. The Hall–Kier alpha value is -2.63. The van der Waals surface area contributed by atoms with Crippen molar-refractivity contribution >= 4 is 5.96 Å². The summed E-state index contributed by atoms with van der Waals surface area (Å²) in [7, 11) is 1.95. The fraction of sp³-hybridized carbons (Fsp3) is 0.353. The first-order valence-electron chi connectivity index (χ1n) is 7.63. The smallest absolute Gasteiger partial charge is 0.192 e. The van der Waals surface area contributed by atoms with E-state index in [4.69, 9.17) is 0 Å². The first kappa shape index (κ1) is 16.7. The highest BCUT2D eigenvalue weighted by atomic mass is 15.3. The molecule has 2 N–H and O–H groups in total. The van der Waals surface area contributed by atoms with Crippen molar-refractivity contribution in [2.24, 2.45) is 12.0 Å². The van der Waals surface area contributed by atoms with Crippen LogP contribution in [-0.4, -0.2) is 27.3 Å². The van der Waals surface area contributed by atoms with Crippen molar-refractivity contribution in [3.63, 3.8) is 0 Å². The molecule has 2 rings (SSSR count). The maximum atomic E-state index is 4.61. The molecule has 0 unspecified atom stereocenters. The van der Waals surface area contributed by atoms with Crippen LogP contribution >= 0.6 is 0 Å². The Balaban J connectivity index is 2.02. The minimum absolute atomic E-state index is 0.564. The van der Waals surface area contributed by atoms with Gasteiger partial charge in [-0.15, -0.1) is 16.8 Å². The van der Waals surface area contributed by atoms with Crippen LogP contribution in [0.2, 0.25) is 0 Å². The van der Waals surface area contributed by atoms with Gasteiger partial charge < -0.3 is 15.2 Å². The maximum Gasteiger partial charge on any atom is 0.192 e. The lowest BCUT2D eigenvalue weighted by atomic mass is 10.1. The van der Waals surface area contributed by atoms with Crippen LogP contribution in [0.5, 0.6) is 0 Å². The fourth-order valence-electron chi connectivity index (χ4n) is 2.09. The summed E-state index contributed by atoms with van der Waals surface area (Å²) >= 11 is 0. The molecule has 0 aliphatic heterocycles. The van der Waals surface area contributed by atoms with Crippen molar-refractivity contribution in [3.05, 3.63) is 59.7 Å². The Kier molecular flexibility index (Phi) is 5.91. The van der Waals surface area contributed by atoms with E-state index in [0.29, 0.717) is 19.6 Å². The number of nitrogens with zero attached hydrogens (tertiary/aromatic N) is 4. The average Bonchev–Trinajstić information content (AvgIpc) is 2.86. The quantitative estimate of drug-likeness (QED) is 0.485. The fourth-order valence-corrected chi connectivity index (χ4v) is 2.09. The Bertz CT molecular complexity index is 686. The van der Waals surface area contributed by atoms with Gasteiger partial charge in [0.05, 0.1) is 13.1 Å². The highest BCUT2D eigenvalue weighted by Crippen LogP contribution is 2.05. The molecule has 0 radical (unpaired) electrons. The van der Waals surface area contributed by atoms with Gasteiger partial charge in [0.25, 0.3) is 0 Å². The molecular formula is C17H24N6. The highest BCUT2D eigenvalue weighted by Gasteiger charge is 2.05. The molecule has 0 amide bonds. The van der Waals surface area contributed by atoms with Crippen LogP contribution in [-0.2, 0) is 20.1 Å². The number of benzene rings is 1. The molecule has 6 heteroatoms. The van der Waals surface area contributed by atoms with Gasteiger partial charge in [0.1, 0.15) is 5.82 Å². The number of hydrogen-bond acceptors (Lipinski definition) is 3. The third-order valence-corrected chi connectivity index (χ3v) is 3.51. The maximum absolute atomic E-state index is 4.61. The normalized spacial score (nSPS) is 11.3. The van der Waals surface area contributed by atoms with E-state index in [1.165, 1.54) is 11.1 Å². The molecule has 122 valence electrons. The average molecular weight is 312 g/mol. The monoisotopic (exact) mass is 312 g/mol. The van der Waals surface area contributed by atoms with Crippen LogP contribution in [0.4, 0.5) is 0 Å². The van der Waals surface area contributed by atoms with Crippen molar-refractivity contribution in [1.29, 1.82) is 0 Å². The molecule has 0 spiro atoms. The minimum atomic E-state index is 0.564. The molecule has 23 heavy (non-hydrogen) atoms. The summed E-state index contributed by atoms with van der Waals surface area (Å²) in [5.74, 6) is 2.48. The van der Waals surface area contributed by atoms with E-state index in [0.717, 1.165) is 17.6 Å². The van der Waals surface area contributed by atoms with Crippen molar-refractivity contribution in [1.82, 2.24) is 25.4 Å². The van der Waals surface area contributed by atoms with E-state index < -0.39 is 0 Å². The van der Waals surface area contributed by atoms with Crippen LogP contribution in [0.25, 0.3) is 0 Å². The lowest BCUT2D eigenvalue weighted by Crippen LogP contribution is -2.37. The first-order chi connectivity index (χ1) is 11.1. The summed E-state index contributed by atoms with van der Waals surface area (Å²) in [4.78, 5) is 4.61. The zero-order chi connectivity index (χ0) is 16.7. The number of rotatable bonds is 6. The largest absolute Gasteiger partial charge is 0.353 e. The molecule has 0 aliphatic carbocycles. The van der Waals surface area contributed by atoms with Crippen molar-refractivity contribution in [3.8, 4) is 0 Å². The number of nitrogens with one attached hydrogen (secondary N) is 2. The predicted octanol–water partition coefficient (Wildman–Crippen LogP) is 1.85. The second kappa shape index (κ2) is 8.12. The minimum Gasteiger partial charge on any atom is -0.353 e. The van der Waals surface area contributed by atoms with Gasteiger partial charge in [-0.05, 0) is 19.4 Å². The van der Waals surface area contributed by atoms with E-state index in [9.17, 15) is 0 Å². The van der Waals surface area contributed by atoms with Crippen molar-refractivity contribution in [2.75, 3.05) is 6.54 Å². The SMILES string of the molecule is C=CCNC(=NCc1cccc(C)c1)NCc1nnc(C)n1C. The molecule has 1 heterocycles. The molecule has 1 aromatic carbocycles. The summed E-state index contributed by atoms with van der Waals surface area (Å²) in [5.41, 5.74) is 2.42. The Morgan fingerprint density at radius 2 is 2.13 bits per heavy atom. The second-order valence-electron chi connectivity index (χ2n) is 5.40. The molecule has 6 nitrogen and oxygen atoms in total. The Labute approximate surface area is 137 Å². The molecule has 0 fully saturated rings. The van der Waals surface area contributed by atoms with Crippen LogP contribution in [0, 0.1) is 13.8 Å². The van der Waals surface area contributed by atoms with Gasteiger partial charge in [-0.2, -0.15) is 0 Å². The van der Waals surface area contributed by atoms with Gasteiger partial charge in [0, 0.05) is 13.6 Å². The lowest BCUT2D eigenvalue weighted by molar-refractivity contribution is 0.721. The van der Waals surface area contributed by atoms with E-state index >= 15 is 0 Å². The van der Waals surface area contributed by atoms with Crippen LogP contribution in [0.15, 0.2) is 41.9 Å². The third kappa shape index (κ3) is 4.95. The lowest BCUT2D eigenvalue weighted by Gasteiger charge is -2.11.